The number of hydrogen-bond donors (Lipinski definition) is 2. The number of hydrogen-bond acceptors (Lipinski definition) is 2. The molecule has 84 valence electrons. The molecule has 0 saturated heterocycles. The molecule has 2 heterocycles. The van der Waals surface area contributed by atoms with E-state index >= 15 is 0 Å². The van der Waals surface area contributed by atoms with Crippen LogP contribution in [0.15, 0.2) is 41.9 Å². The van der Waals surface area contributed by atoms with Crippen molar-refractivity contribution in [1.29, 1.82) is 0 Å². The van der Waals surface area contributed by atoms with Crippen LogP contribution in [-0.4, -0.2) is 16.1 Å². The van der Waals surface area contributed by atoms with Crippen LogP contribution >= 0.6 is 11.3 Å². The molecule has 0 atom stereocenters. The minimum atomic E-state index is -0.873. The Morgan fingerprint density at radius 3 is 2.88 bits per heavy atom. The number of nitrogens with one attached hydrogen (secondary N) is 1. The van der Waals surface area contributed by atoms with Gasteiger partial charge in [0.25, 0.3) is 0 Å². The molecule has 2 aromatic heterocycles. The van der Waals surface area contributed by atoms with Gasteiger partial charge in [-0.15, -0.1) is 11.3 Å². The van der Waals surface area contributed by atoms with Crippen LogP contribution in [-0.2, 0) is 0 Å². The third kappa shape index (κ3) is 1.54. The molecule has 0 fully saturated rings. The maximum atomic E-state index is 11.1. The molecule has 0 unspecified atom stereocenters. The Morgan fingerprint density at radius 1 is 1.18 bits per heavy atom. The molecule has 2 N–H and O–H groups in total. The Balaban J connectivity index is 2.30. The van der Waals surface area contributed by atoms with E-state index < -0.39 is 5.97 Å². The summed E-state index contributed by atoms with van der Waals surface area (Å²) in [4.78, 5) is 14.6. The van der Waals surface area contributed by atoms with Gasteiger partial charge in [0.15, 0.2) is 0 Å². The second kappa shape index (κ2) is 3.75. The van der Waals surface area contributed by atoms with E-state index in [4.69, 9.17) is 5.11 Å². The number of carbonyl (C=O) groups is 1. The van der Waals surface area contributed by atoms with Gasteiger partial charge in [-0.3, -0.25) is 0 Å². The van der Waals surface area contributed by atoms with Gasteiger partial charge in [0.05, 0.1) is 0 Å². The SMILES string of the molecule is O=C(O)c1sccc1-c1cccc2[nH]ccc12. The molecule has 0 radical (unpaired) electrons. The summed E-state index contributed by atoms with van der Waals surface area (Å²) in [5.74, 6) is -0.873. The van der Waals surface area contributed by atoms with E-state index in [0.717, 1.165) is 22.0 Å². The Bertz CT molecular complexity index is 696. The molecule has 0 aliphatic heterocycles. The first-order valence-electron chi connectivity index (χ1n) is 5.14. The number of benzene rings is 1. The number of thiophene rings is 1. The number of carboxylic acid groups (broad SMARTS) is 1. The minimum Gasteiger partial charge on any atom is -0.477 e. The quantitative estimate of drug-likeness (QED) is 0.722. The van der Waals surface area contributed by atoms with E-state index in [9.17, 15) is 4.79 Å². The van der Waals surface area contributed by atoms with E-state index in [0.29, 0.717) is 4.88 Å². The Hall–Kier alpha value is -2.07. The van der Waals surface area contributed by atoms with Crippen molar-refractivity contribution in [2.45, 2.75) is 0 Å². The molecule has 3 nitrogen and oxygen atoms in total. The first-order chi connectivity index (χ1) is 8.27. The Kier molecular flexibility index (Phi) is 2.23. The predicted octanol–water partition coefficient (Wildman–Crippen LogP) is 3.59. The summed E-state index contributed by atoms with van der Waals surface area (Å²) in [6.45, 7) is 0. The molecule has 0 amide bonds. The Morgan fingerprint density at radius 2 is 2.06 bits per heavy atom. The monoisotopic (exact) mass is 243 g/mol. The fourth-order valence-corrected chi connectivity index (χ4v) is 2.75. The molecule has 1 aromatic carbocycles. The van der Waals surface area contributed by atoms with Crippen molar-refractivity contribution >= 4 is 28.2 Å². The lowest BCUT2D eigenvalue weighted by molar-refractivity contribution is 0.0703. The number of H-pyrrole nitrogens is 1. The van der Waals surface area contributed by atoms with Crippen LogP contribution in [0.4, 0.5) is 0 Å². The topological polar surface area (TPSA) is 53.1 Å². The van der Waals surface area contributed by atoms with Gasteiger partial charge in [0, 0.05) is 22.7 Å². The van der Waals surface area contributed by atoms with Gasteiger partial charge in [-0.1, -0.05) is 12.1 Å². The predicted molar refractivity (Wildman–Crippen MR) is 68.6 cm³/mol. The summed E-state index contributed by atoms with van der Waals surface area (Å²) in [7, 11) is 0. The van der Waals surface area contributed by atoms with Gasteiger partial charge in [-0.05, 0) is 29.1 Å². The summed E-state index contributed by atoms with van der Waals surface area (Å²) in [5, 5.41) is 12.0. The zero-order valence-corrected chi connectivity index (χ0v) is 9.62. The number of aromatic carboxylic acids is 1. The zero-order chi connectivity index (χ0) is 11.8. The van der Waals surface area contributed by atoms with Crippen LogP contribution in [0.25, 0.3) is 22.0 Å². The average Bonchev–Trinajstić information content (AvgIpc) is 2.97. The molecule has 0 aliphatic carbocycles. The molecule has 3 rings (SSSR count). The third-order valence-electron chi connectivity index (χ3n) is 2.74. The van der Waals surface area contributed by atoms with Crippen molar-refractivity contribution in [1.82, 2.24) is 4.98 Å². The number of carboxylic acids is 1. The number of aromatic amines is 1. The smallest absolute Gasteiger partial charge is 0.346 e. The van der Waals surface area contributed by atoms with Gasteiger partial charge < -0.3 is 10.1 Å². The fraction of sp³-hybridized carbons (Fsp3) is 0. The highest BCUT2D eigenvalue weighted by Crippen LogP contribution is 2.33. The standard InChI is InChI=1S/C13H9NO2S/c15-13(16)12-10(5-7-17-12)8-2-1-3-11-9(8)4-6-14-11/h1-7,14H,(H,15,16). The molecule has 4 heteroatoms. The zero-order valence-electron chi connectivity index (χ0n) is 8.81. The van der Waals surface area contributed by atoms with Gasteiger partial charge >= 0.3 is 5.97 Å². The number of rotatable bonds is 2. The molecule has 0 saturated carbocycles. The van der Waals surface area contributed by atoms with Crippen molar-refractivity contribution < 1.29 is 9.90 Å². The van der Waals surface area contributed by atoms with Crippen LogP contribution < -0.4 is 0 Å². The van der Waals surface area contributed by atoms with Crippen LogP contribution in [0.5, 0.6) is 0 Å². The van der Waals surface area contributed by atoms with Gasteiger partial charge in [-0.2, -0.15) is 0 Å². The number of aromatic nitrogens is 1. The highest BCUT2D eigenvalue weighted by Gasteiger charge is 2.15. The third-order valence-corrected chi connectivity index (χ3v) is 3.65. The summed E-state index contributed by atoms with van der Waals surface area (Å²) < 4.78 is 0. The summed E-state index contributed by atoms with van der Waals surface area (Å²) in [6.07, 6.45) is 1.86. The molecule has 0 spiro atoms. The highest BCUT2D eigenvalue weighted by molar-refractivity contribution is 7.12. The van der Waals surface area contributed by atoms with Crippen molar-refractivity contribution in [2.75, 3.05) is 0 Å². The minimum absolute atomic E-state index is 0.388. The van der Waals surface area contributed by atoms with E-state index in [1.165, 1.54) is 11.3 Å². The highest BCUT2D eigenvalue weighted by atomic mass is 32.1. The second-order valence-electron chi connectivity index (χ2n) is 3.71. The Labute approximate surface area is 101 Å². The van der Waals surface area contributed by atoms with Gasteiger partial charge in [-0.25, -0.2) is 4.79 Å². The van der Waals surface area contributed by atoms with Crippen LogP contribution in [0.3, 0.4) is 0 Å². The average molecular weight is 243 g/mol. The lowest BCUT2D eigenvalue weighted by Gasteiger charge is -2.02. The van der Waals surface area contributed by atoms with Crippen molar-refractivity contribution in [3.05, 3.63) is 46.8 Å². The van der Waals surface area contributed by atoms with E-state index in [-0.39, 0.29) is 0 Å². The molecule has 0 bridgehead atoms. The van der Waals surface area contributed by atoms with Gasteiger partial charge in [0.1, 0.15) is 4.88 Å². The molecular weight excluding hydrogens is 234 g/mol. The van der Waals surface area contributed by atoms with Gasteiger partial charge in [0.2, 0.25) is 0 Å². The van der Waals surface area contributed by atoms with E-state index in [1.54, 1.807) is 0 Å². The number of fused-ring (bicyclic) bond motifs is 1. The first kappa shape index (κ1) is 10.1. The lowest BCUT2D eigenvalue weighted by atomic mass is 10.0. The van der Waals surface area contributed by atoms with Crippen LogP contribution in [0.1, 0.15) is 9.67 Å². The van der Waals surface area contributed by atoms with Crippen LogP contribution in [0, 0.1) is 0 Å². The second-order valence-corrected chi connectivity index (χ2v) is 4.63. The van der Waals surface area contributed by atoms with E-state index in [1.807, 2.05) is 41.9 Å². The van der Waals surface area contributed by atoms with Crippen molar-refractivity contribution in [3.63, 3.8) is 0 Å². The molecular formula is C13H9NO2S. The largest absolute Gasteiger partial charge is 0.477 e. The first-order valence-corrected chi connectivity index (χ1v) is 6.02. The summed E-state index contributed by atoms with van der Waals surface area (Å²) in [5.41, 5.74) is 2.76. The van der Waals surface area contributed by atoms with E-state index in [2.05, 4.69) is 4.98 Å². The maximum Gasteiger partial charge on any atom is 0.346 e. The molecule has 3 aromatic rings. The maximum absolute atomic E-state index is 11.1. The normalized spacial score (nSPS) is 10.8. The van der Waals surface area contributed by atoms with Crippen molar-refractivity contribution in [3.8, 4) is 11.1 Å². The lowest BCUT2D eigenvalue weighted by Crippen LogP contribution is -1.94. The molecule has 0 aliphatic rings. The fourth-order valence-electron chi connectivity index (χ4n) is 2.01. The summed E-state index contributed by atoms with van der Waals surface area (Å²) in [6, 6.07) is 9.68. The van der Waals surface area contributed by atoms with Crippen molar-refractivity contribution in [2.24, 2.45) is 0 Å². The molecule has 17 heavy (non-hydrogen) atoms. The van der Waals surface area contributed by atoms with Crippen LogP contribution in [0.2, 0.25) is 0 Å². The summed E-state index contributed by atoms with van der Waals surface area (Å²) >= 11 is 1.25.